The van der Waals surface area contributed by atoms with E-state index in [-0.39, 0.29) is 5.91 Å². The third kappa shape index (κ3) is 3.73. The lowest BCUT2D eigenvalue weighted by Crippen LogP contribution is -2.49. The Morgan fingerprint density at radius 3 is 2.53 bits per heavy atom. The second-order valence-electron chi connectivity index (χ2n) is 9.50. The van der Waals surface area contributed by atoms with Crippen LogP contribution in [-0.4, -0.2) is 47.0 Å². The van der Waals surface area contributed by atoms with E-state index >= 15 is 0 Å². The zero-order chi connectivity index (χ0) is 21.8. The van der Waals surface area contributed by atoms with E-state index in [4.69, 9.17) is 9.97 Å². The topological polar surface area (TPSA) is 49.3 Å². The van der Waals surface area contributed by atoms with Crippen molar-refractivity contribution in [2.24, 2.45) is 5.92 Å². The number of aryl methyl sites for hydroxylation is 1. The summed E-state index contributed by atoms with van der Waals surface area (Å²) in [7, 11) is 0. The van der Waals surface area contributed by atoms with Crippen molar-refractivity contribution in [2.45, 2.75) is 44.9 Å². The summed E-state index contributed by atoms with van der Waals surface area (Å²) >= 11 is 5.35. The van der Waals surface area contributed by atoms with Gasteiger partial charge in [-0.2, -0.15) is 0 Å². The van der Waals surface area contributed by atoms with E-state index in [1.54, 1.807) is 0 Å². The molecule has 2 aliphatic carbocycles. The van der Waals surface area contributed by atoms with Crippen molar-refractivity contribution >= 4 is 49.2 Å². The van der Waals surface area contributed by atoms with Crippen LogP contribution in [0.4, 0.5) is 5.82 Å². The number of rotatable bonds is 3. The van der Waals surface area contributed by atoms with Gasteiger partial charge < -0.3 is 9.80 Å². The molecule has 1 amide bonds. The Morgan fingerprint density at radius 1 is 1.06 bits per heavy atom. The SMILES string of the molecule is C[C@@H]1CCc2c(sc3nc(C4CC4)nc(N4CCN(C(=O)c5ccc(Br)cc5)CC4)c23)C1. The smallest absolute Gasteiger partial charge is 0.253 e. The number of thiophene rings is 1. The quantitative estimate of drug-likeness (QED) is 0.472. The fourth-order valence-electron chi connectivity index (χ4n) is 4.99. The molecule has 7 heteroatoms. The molecule has 6 rings (SSSR count). The number of aromatic nitrogens is 2. The Kier molecular flexibility index (Phi) is 5.22. The van der Waals surface area contributed by atoms with Gasteiger partial charge in [0, 0.05) is 47.0 Å². The fraction of sp³-hybridized carbons (Fsp3) is 0.480. The maximum atomic E-state index is 13.0. The summed E-state index contributed by atoms with van der Waals surface area (Å²) in [4.78, 5) is 30.2. The molecule has 1 aliphatic heterocycles. The maximum Gasteiger partial charge on any atom is 0.253 e. The lowest BCUT2D eigenvalue weighted by molar-refractivity contribution is 0.0746. The number of nitrogens with zero attached hydrogens (tertiary/aromatic N) is 4. The Labute approximate surface area is 201 Å². The third-order valence-electron chi connectivity index (χ3n) is 7.05. The van der Waals surface area contributed by atoms with E-state index in [1.165, 1.54) is 46.3 Å². The highest BCUT2D eigenvalue weighted by Crippen LogP contribution is 2.44. The van der Waals surface area contributed by atoms with Crippen LogP contribution in [0.1, 0.15) is 58.7 Å². The summed E-state index contributed by atoms with van der Waals surface area (Å²) in [5.41, 5.74) is 2.25. The number of piperazine rings is 1. The van der Waals surface area contributed by atoms with Gasteiger partial charge >= 0.3 is 0 Å². The van der Waals surface area contributed by atoms with Crippen LogP contribution >= 0.6 is 27.3 Å². The summed E-state index contributed by atoms with van der Waals surface area (Å²) in [6, 6.07) is 7.66. The minimum Gasteiger partial charge on any atom is -0.352 e. The fourth-order valence-corrected chi connectivity index (χ4v) is 6.64. The number of hydrogen-bond acceptors (Lipinski definition) is 5. The monoisotopic (exact) mass is 510 g/mol. The van der Waals surface area contributed by atoms with Crippen LogP contribution in [0.3, 0.4) is 0 Å². The molecule has 32 heavy (non-hydrogen) atoms. The number of anilines is 1. The van der Waals surface area contributed by atoms with Crippen molar-refractivity contribution in [3.05, 3.63) is 50.6 Å². The summed E-state index contributed by atoms with van der Waals surface area (Å²) in [6.45, 7) is 5.45. The summed E-state index contributed by atoms with van der Waals surface area (Å²) in [6.07, 6.45) is 5.98. The number of hydrogen-bond donors (Lipinski definition) is 0. The molecule has 3 aliphatic rings. The number of benzene rings is 1. The average molecular weight is 511 g/mol. The van der Waals surface area contributed by atoms with E-state index in [9.17, 15) is 4.79 Å². The number of amides is 1. The van der Waals surface area contributed by atoms with Crippen LogP contribution in [0.15, 0.2) is 28.7 Å². The number of fused-ring (bicyclic) bond motifs is 3. The molecule has 0 bridgehead atoms. The van der Waals surface area contributed by atoms with Gasteiger partial charge in [0.05, 0.1) is 5.39 Å². The van der Waals surface area contributed by atoms with Crippen LogP contribution in [0.25, 0.3) is 10.2 Å². The van der Waals surface area contributed by atoms with Gasteiger partial charge in [-0.3, -0.25) is 4.79 Å². The average Bonchev–Trinajstić information content (AvgIpc) is 3.59. The molecule has 3 aromatic rings. The molecule has 0 spiro atoms. The molecule has 2 aromatic heterocycles. The van der Waals surface area contributed by atoms with Crippen molar-refractivity contribution in [2.75, 3.05) is 31.1 Å². The number of carbonyl (C=O) groups excluding carboxylic acids is 1. The Balaban J connectivity index is 1.29. The standard InChI is InChI=1S/C25H27BrN4OS/c1-15-2-9-19-20(14-15)32-24-21(19)23(27-22(28-24)16-3-4-16)29-10-12-30(13-11-29)25(31)17-5-7-18(26)8-6-17/h5-8,15-16H,2-4,9-14H2,1H3/t15-/m1/s1. The van der Waals surface area contributed by atoms with E-state index < -0.39 is 0 Å². The van der Waals surface area contributed by atoms with E-state index in [2.05, 4.69) is 27.8 Å². The first-order valence-electron chi connectivity index (χ1n) is 11.7. The van der Waals surface area contributed by atoms with Gasteiger partial charge in [-0.15, -0.1) is 11.3 Å². The van der Waals surface area contributed by atoms with Crippen LogP contribution in [-0.2, 0) is 12.8 Å². The molecule has 1 atom stereocenters. The molecule has 1 aromatic carbocycles. The molecule has 1 saturated carbocycles. The molecule has 3 heterocycles. The highest BCUT2D eigenvalue weighted by molar-refractivity contribution is 9.10. The van der Waals surface area contributed by atoms with E-state index in [0.717, 1.165) is 60.2 Å². The largest absolute Gasteiger partial charge is 0.352 e. The van der Waals surface area contributed by atoms with Crippen molar-refractivity contribution in [1.82, 2.24) is 14.9 Å². The van der Waals surface area contributed by atoms with Crippen molar-refractivity contribution in [3.8, 4) is 0 Å². The molecular formula is C25H27BrN4OS. The molecule has 0 N–H and O–H groups in total. The van der Waals surface area contributed by atoms with Gasteiger partial charge in [0.1, 0.15) is 16.5 Å². The van der Waals surface area contributed by atoms with Crippen LogP contribution < -0.4 is 4.90 Å². The van der Waals surface area contributed by atoms with Gasteiger partial charge in [-0.1, -0.05) is 22.9 Å². The normalized spacial score (nSPS) is 21.1. The molecule has 166 valence electrons. The molecule has 1 saturated heterocycles. The van der Waals surface area contributed by atoms with Crippen molar-refractivity contribution in [1.29, 1.82) is 0 Å². The zero-order valence-electron chi connectivity index (χ0n) is 18.3. The maximum absolute atomic E-state index is 13.0. The number of carbonyl (C=O) groups is 1. The first kappa shape index (κ1) is 20.6. The molecule has 5 nitrogen and oxygen atoms in total. The Hall–Kier alpha value is -1.99. The second kappa shape index (κ2) is 8.10. The molecule has 0 unspecified atom stereocenters. The third-order valence-corrected chi connectivity index (χ3v) is 8.73. The van der Waals surface area contributed by atoms with Crippen LogP contribution in [0.2, 0.25) is 0 Å². The predicted molar refractivity (Wildman–Crippen MR) is 133 cm³/mol. The Morgan fingerprint density at radius 2 is 1.81 bits per heavy atom. The first-order valence-corrected chi connectivity index (χ1v) is 13.3. The van der Waals surface area contributed by atoms with Gasteiger partial charge in [0.15, 0.2) is 0 Å². The Bertz CT molecular complexity index is 1180. The predicted octanol–water partition coefficient (Wildman–Crippen LogP) is 5.42. The minimum absolute atomic E-state index is 0.116. The van der Waals surface area contributed by atoms with E-state index in [1.807, 2.05) is 40.5 Å². The lowest BCUT2D eigenvalue weighted by Gasteiger charge is -2.36. The van der Waals surface area contributed by atoms with Gasteiger partial charge in [0.2, 0.25) is 0 Å². The van der Waals surface area contributed by atoms with Crippen molar-refractivity contribution in [3.63, 3.8) is 0 Å². The summed E-state index contributed by atoms with van der Waals surface area (Å²) in [5.74, 6) is 3.57. The van der Waals surface area contributed by atoms with Gasteiger partial charge in [0.25, 0.3) is 5.91 Å². The summed E-state index contributed by atoms with van der Waals surface area (Å²) < 4.78 is 0.992. The highest BCUT2D eigenvalue weighted by atomic mass is 79.9. The molecule has 2 fully saturated rings. The highest BCUT2D eigenvalue weighted by Gasteiger charge is 2.32. The van der Waals surface area contributed by atoms with Crippen LogP contribution in [0, 0.1) is 5.92 Å². The number of halogens is 1. The molecule has 0 radical (unpaired) electrons. The van der Waals surface area contributed by atoms with E-state index in [0.29, 0.717) is 5.92 Å². The zero-order valence-corrected chi connectivity index (χ0v) is 20.7. The first-order chi connectivity index (χ1) is 15.6. The van der Waals surface area contributed by atoms with Gasteiger partial charge in [-0.05, 0) is 67.9 Å². The van der Waals surface area contributed by atoms with Gasteiger partial charge in [-0.25, -0.2) is 9.97 Å². The summed E-state index contributed by atoms with van der Waals surface area (Å²) in [5, 5.41) is 1.30. The van der Waals surface area contributed by atoms with Crippen LogP contribution in [0.5, 0.6) is 0 Å². The second-order valence-corrected chi connectivity index (χ2v) is 11.5. The van der Waals surface area contributed by atoms with Crippen molar-refractivity contribution < 1.29 is 4.79 Å². The molecular weight excluding hydrogens is 484 g/mol. The lowest BCUT2D eigenvalue weighted by atomic mass is 9.89. The minimum atomic E-state index is 0.116.